The zero-order valence-electron chi connectivity index (χ0n) is 13.6. The fourth-order valence-corrected chi connectivity index (χ4v) is 2.93. The number of rotatable bonds is 6. The lowest BCUT2D eigenvalue weighted by molar-refractivity contribution is -0.138. The van der Waals surface area contributed by atoms with Crippen molar-refractivity contribution in [1.29, 1.82) is 0 Å². The molecule has 0 aromatic heterocycles. The average Bonchev–Trinajstić information content (AvgIpc) is 2.34. The van der Waals surface area contributed by atoms with E-state index in [2.05, 4.69) is 31.1 Å². The molecule has 2 atom stereocenters. The highest BCUT2D eigenvalue weighted by Crippen LogP contribution is 2.15. The van der Waals surface area contributed by atoms with E-state index in [1.165, 1.54) is 0 Å². The third-order valence-electron chi connectivity index (χ3n) is 3.90. The Balaban J connectivity index is 2.46. The summed E-state index contributed by atoms with van der Waals surface area (Å²) in [5, 5.41) is 11.9. The molecule has 0 aromatic carbocycles. The first-order valence-electron chi connectivity index (χ1n) is 7.74. The van der Waals surface area contributed by atoms with Gasteiger partial charge >= 0.3 is 12.0 Å². The van der Waals surface area contributed by atoms with E-state index in [0.29, 0.717) is 12.5 Å². The average molecular weight is 299 g/mol. The van der Waals surface area contributed by atoms with Crippen LogP contribution in [0.2, 0.25) is 0 Å². The number of amides is 2. The van der Waals surface area contributed by atoms with Gasteiger partial charge in [-0.1, -0.05) is 13.8 Å². The predicted octanol–water partition coefficient (Wildman–Crippen LogP) is 1.47. The van der Waals surface area contributed by atoms with Gasteiger partial charge in [0.05, 0.1) is 0 Å². The Kier molecular flexibility index (Phi) is 6.95. The highest BCUT2D eigenvalue weighted by Gasteiger charge is 2.26. The first-order chi connectivity index (χ1) is 9.79. The number of nitrogens with zero attached hydrogens (tertiary/aromatic N) is 2. The molecule has 0 spiro atoms. The van der Waals surface area contributed by atoms with E-state index in [9.17, 15) is 9.59 Å². The molecule has 1 heterocycles. The number of piperazine rings is 1. The van der Waals surface area contributed by atoms with Crippen molar-refractivity contribution in [2.45, 2.75) is 39.7 Å². The van der Waals surface area contributed by atoms with Gasteiger partial charge in [-0.05, 0) is 32.2 Å². The summed E-state index contributed by atoms with van der Waals surface area (Å²) in [4.78, 5) is 27.2. The molecule has 0 aliphatic carbocycles. The highest BCUT2D eigenvalue weighted by atomic mass is 16.4. The van der Waals surface area contributed by atoms with Crippen LogP contribution < -0.4 is 5.32 Å². The number of carbonyl (C=O) groups is 2. The summed E-state index contributed by atoms with van der Waals surface area (Å²) in [5.41, 5.74) is 0. The van der Waals surface area contributed by atoms with Crippen LogP contribution in [0, 0.1) is 11.8 Å². The number of hydrogen-bond donors (Lipinski definition) is 2. The second-order valence-corrected chi connectivity index (χ2v) is 6.58. The molecule has 2 amide bonds. The number of carbonyl (C=O) groups excluding carboxylic acids is 1. The number of carboxylic acids is 1. The fourth-order valence-electron chi connectivity index (χ4n) is 2.93. The van der Waals surface area contributed by atoms with Crippen molar-refractivity contribution < 1.29 is 14.7 Å². The summed E-state index contributed by atoms with van der Waals surface area (Å²) in [5.74, 6) is -0.383. The summed E-state index contributed by atoms with van der Waals surface area (Å²) < 4.78 is 0. The molecule has 1 fully saturated rings. The zero-order valence-corrected chi connectivity index (χ0v) is 13.6. The van der Waals surface area contributed by atoms with Gasteiger partial charge in [-0.2, -0.15) is 0 Å². The van der Waals surface area contributed by atoms with Gasteiger partial charge in [0.1, 0.15) is 0 Å². The Labute approximate surface area is 127 Å². The van der Waals surface area contributed by atoms with Crippen molar-refractivity contribution in [3.63, 3.8) is 0 Å². The van der Waals surface area contributed by atoms with Gasteiger partial charge < -0.3 is 20.2 Å². The van der Waals surface area contributed by atoms with Crippen LogP contribution in [0.4, 0.5) is 4.79 Å². The van der Waals surface area contributed by atoms with Gasteiger partial charge in [-0.3, -0.25) is 4.79 Å². The summed E-state index contributed by atoms with van der Waals surface area (Å²) in [7, 11) is 2.05. The third-order valence-corrected chi connectivity index (χ3v) is 3.90. The van der Waals surface area contributed by atoms with E-state index in [4.69, 9.17) is 5.11 Å². The molecule has 0 saturated carbocycles. The van der Waals surface area contributed by atoms with E-state index in [1.807, 2.05) is 11.8 Å². The lowest BCUT2D eigenvalue weighted by Gasteiger charge is -2.38. The van der Waals surface area contributed by atoms with Crippen LogP contribution in [0.3, 0.4) is 0 Å². The first kappa shape index (κ1) is 17.8. The van der Waals surface area contributed by atoms with Crippen molar-refractivity contribution >= 4 is 12.0 Å². The predicted molar refractivity (Wildman–Crippen MR) is 82.3 cm³/mol. The standard InChI is InChI=1S/C15H29N3O3/c1-11(2)7-13(8-14(19)20)9-16-15(21)18-6-5-17(4)10-12(18)3/h11-13H,5-10H2,1-4H3,(H,16,21)(H,19,20). The van der Waals surface area contributed by atoms with Crippen LogP contribution >= 0.6 is 0 Å². The minimum atomic E-state index is -0.803. The van der Waals surface area contributed by atoms with Crippen molar-refractivity contribution in [2.24, 2.45) is 11.8 Å². The van der Waals surface area contributed by atoms with Crippen molar-refractivity contribution in [3.05, 3.63) is 0 Å². The van der Waals surface area contributed by atoms with Gasteiger partial charge in [0.15, 0.2) is 0 Å². The normalized spacial score (nSPS) is 21.4. The number of likely N-dealkylation sites (N-methyl/N-ethyl adjacent to an activating group) is 1. The molecular formula is C15H29N3O3. The van der Waals surface area contributed by atoms with Crippen LogP contribution in [0.15, 0.2) is 0 Å². The molecule has 0 radical (unpaired) electrons. The van der Waals surface area contributed by atoms with Crippen molar-refractivity contribution in [3.8, 4) is 0 Å². The zero-order chi connectivity index (χ0) is 16.0. The second-order valence-electron chi connectivity index (χ2n) is 6.58. The van der Waals surface area contributed by atoms with Gasteiger partial charge in [0, 0.05) is 38.6 Å². The molecule has 2 unspecified atom stereocenters. The van der Waals surface area contributed by atoms with Crippen LogP contribution in [0.1, 0.15) is 33.6 Å². The monoisotopic (exact) mass is 299 g/mol. The lowest BCUT2D eigenvalue weighted by Crippen LogP contribution is -2.56. The Hall–Kier alpha value is -1.30. The number of urea groups is 1. The van der Waals surface area contributed by atoms with Gasteiger partial charge in [-0.25, -0.2) is 4.79 Å². The molecule has 1 saturated heterocycles. The molecule has 2 N–H and O–H groups in total. The summed E-state index contributed by atoms with van der Waals surface area (Å²) in [6.45, 7) is 9.08. The lowest BCUT2D eigenvalue weighted by atomic mass is 9.94. The Morgan fingerprint density at radius 1 is 1.33 bits per heavy atom. The van der Waals surface area contributed by atoms with Gasteiger partial charge in [0.25, 0.3) is 0 Å². The molecule has 6 nitrogen and oxygen atoms in total. The number of hydrogen-bond acceptors (Lipinski definition) is 3. The molecule has 0 bridgehead atoms. The maximum atomic E-state index is 12.2. The minimum Gasteiger partial charge on any atom is -0.481 e. The van der Waals surface area contributed by atoms with E-state index in [0.717, 1.165) is 26.1 Å². The van der Waals surface area contributed by atoms with Gasteiger partial charge in [-0.15, -0.1) is 0 Å². The fraction of sp³-hybridized carbons (Fsp3) is 0.867. The first-order valence-corrected chi connectivity index (χ1v) is 7.74. The summed E-state index contributed by atoms with van der Waals surface area (Å²) in [6.07, 6.45) is 0.918. The second kappa shape index (κ2) is 8.22. The summed E-state index contributed by atoms with van der Waals surface area (Å²) in [6, 6.07) is 0.113. The van der Waals surface area contributed by atoms with E-state index in [-0.39, 0.29) is 24.4 Å². The van der Waals surface area contributed by atoms with Crippen molar-refractivity contribution in [2.75, 3.05) is 33.2 Å². The third kappa shape index (κ3) is 6.33. The topological polar surface area (TPSA) is 72.9 Å². The van der Waals surface area contributed by atoms with Gasteiger partial charge in [0.2, 0.25) is 0 Å². The highest BCUT2D eigenvalue weighted by molar-refractivity contribution is 5.74. The van der Waals surface area contributed by atoms with Crippen molar-refractivity contribution in [1.82, 2.24) is 15.1 Å². The quantitative estimate of drug-likeness (QED) is 0.779. The molecule has 122 valence electrons. The molecular weight excluding hydrogens is 270 g/mol. The molecule has 1 aliphatic heterocycles. The van der Waals surface area contributed by atoms with E-state index in [1.54, 1.807) is 0 Å². The number of aliphatic carboxylic acids is 1. The van der Waals surface area contributed by atoms with Crippen LogP contribution in [-0.2, 0) is 4.79 Å². The van der Waals surface area contributed by atoms with Crippen LogP contribution in [0.25, 0.3) is 0 Å². The maximum Gasteiger partial charge on any atom is 0.317 e. The van der Waals surface area contributed by atoms with E-state index >= 15 is 0 Å². The van der Waals surface area contributed by atoms with E-state index < -0.39 is 5.97 Å². The smallest absolute Gasteiger partial charge is 0.317 e. The minimum absolute atomic E-state index is 0.00535. The van der Waals surface area contributed by atoms with Crippen LogP contribution in [-0.4, -0.2) is 66.2 Å². The SMILES string of the molecule is CC(C)CC(CNC(=O)N1CCN(C)CC1C)CC(=O)O. The van der Waals surface area contributed by atoms with Crippen LogP contribution in [0.5, 0.6) is 0 Å². The molecule has 0 aromatic rings. The molecule has 1 rings (SSSR count). The number of carboxylic acid groups (broad SMARTS) is 1. The molecule has 21 heavy (non-hydrogen) atoms. The maximum absolute atomic E-state index is 12.2. The largest absolute Gasteiger partial charge is 0.481 e. The Morgan fingerprint density at radius 2 is 2.00 bits per heavy atom. The summed E-state index contributed by atoms with van der Waals surface area (Å²) >= 11 is 0. The number of nitrogens with one attached hydrogen (secondary N) is 1. The Morgan fingerprint density at radius 3 is 2.52 bits per heavy atom. The molecule has 1 aliphatic rings. The molecule has 6 heteroatoms. The Bertz CT molecular complexity index is 360.